The van der Waals surface area contributed by atoms with Crippen LogP contribution in [0.5, 0.6) is 0 Å². The van der Waals surface area contributed by atoms with Crippen molar-refractivity contribution in [3.05, 3.63) is 71.3 Å². The van der Waals surface area contributed by atoms with E-state index in [1.807, 2.05) is 61.5 Å². The van der Waals surface area contributed by atoms with Gasteiger partial charge in [-0.3, -0.25) is 0 Å². The number of carbonyl (C=O) groups excluding carboxylic acids is 1. The summed E-state index contributed by atoms with van der Waals surface area (Å²) in [6, 6.07) is 18.1. The van der Waals surface area contributed by atoms with E-state index in [0.717, 1.165) is 24.0 Å². The summed E-state index contributed by atoms with van der Waals surface area (Å²) in [4.78, 5) is 12.3. The van der Waals surface area contributed by atoms with Gasteiger partial charge in [-0.25, -0.2) is 4.79 Å². The number of hydrogen-bond donors (Lipinski definition) is 0. The number of rotatable bonds is 4. The molecule has 2 unspecified atom stereocenters. The summed E-state index contributed by atoms with van der Waals surface area (Å²) in [6.45, 7) is 2.05. The molecule has 112 valence electrons. The smallest absolute Gasteiger partial charge is 0.339 e. The van der Waals surface area contributed by atoms with Crippen molar-refractivity contribution in [2.75, 3.05) is 0 Å². The normalized spacial score (nSPS) is 26.5. The van der Waals surface area contributed by atoms with Gasteiger partial charge in [0, 0.05) is 0 Å². The summed E-state index contributed by atoms with van der Waals surface area (Å²) in [6.07, 6.45) is 1.50. The van der Waals surface area contributed by atoms with E-state index < -0.39 is 11.7 Å². The molecule has 2 atom stereocenters. The monoisotopic (exact) mass is 294 g/mol. The molecule has 2 fully saturated rings. The molecule has 0 radical (unpaired) electrons. The number of benzene rings is 2. The largest absolute Gasteiger partial charge is 0.460 e. The summed E-state index contributed by atoms with van der Waals surface area (Å²) < 4.78 is 11.4. The highest BCUT2D eigenvalue weighted by atomic mass is 16.7. The van der Waals surface area contributed by atoms with Crippen molar-refractivity contribution in [1.82, 2.24) is 0 Å². The Morgan fingerprint density at radius 3 is 2.32 bits per heavy atom. The number of hydrogen-bond acceptors (Lipinski definition) is 3. The van der Waals surface area contributed by atoms with Crippen LogP contribution in [0.15, 0.2) is 54.6 Å². The van der Waals surface area contributed by atoms with E-state index >= 15 is 0 Å². The zero-order valence-corrected chi connectivity index (χ0v) is 12.5. The number of epoxide rings is 1. The van der Waals surface area contributed by atoms with Gasteiger partial charge in [0.05, 0.1) is 0 Å². The molecule has 0 amide bonds. The van der Waals surface area contributed by atoms with Gasteiger partial charge < -0.3 is 9.47 Å². The van der Waals surface area contributed by atoms with Crippen LogP contribution in [-0.4, -0.2) is 18.2 Å². The van der Waals surface area contributed by atoms with E-state index in [1.165, 1.54) is 5.56 Å². The summed E-state index contributed by atoms with van der Waals surface area (Å²) in [7, 11) is 0. The molecule has 1 aliphatic carbocycles. The Morgan fingerprint density at radius 1 is 1.05 bits per heavy atom. The molecular formula is C19H18O3. The average molecular weight is 294 g/mol. The van der Waals surface area contributed by atoms with Crippen LogP contribution >= 0.6 is 0 Å². The average Bonchev–Trinajstić information content (AvgIpc) is 3.43. The van der Waals surface area contributed by atoms with Crippen LogP contribution in [0.1, 0.15) is 29.5 Å². The Labute approximate surface area is 129 Å². The molecule has 0 N–H and O–H groups in total. The lowest BCUT2D eigenvalue weighted by molar-refractivity contribution is -0.146. The van der Waals surface area contributed by atoms with Crippen molar-refractivity contribution in [2.45, 2.75) is 37.6 Å². The number of esters is 1. The quantitative estimate of drug-likeness (QED) is 0.641. The van der Waals surface area contributed by atoms with Crippen molar-refractivity contribution in [1.29, 1.82) is 0 Å². The second-order valence-corrected chi connectivity index (χ2v) is 6.10. The third-order valence-corrected chi connectivity index (χ3v) is 4.32. The Balaban J connectivity index is 1.70. The zero-order chi connectivity index (χ0) is 15.2. The van der Waals surface area contributed by atoms with Crippen LogP contribution in [0.2, 0.25) is 0 Å². The van der Waals surface area contributed by atoms with Gasteiger partial charge in [0.25, 0.3) is 0 Å². The van der Waals surface area contributed by atoms with Gasteiger partial charge >= 0.3 is 5.97 Å². The minimum Gasteiger partial charge on any atom is -0.460 e. The van der Waals surface area contributed by atoms with Crippen LogP contribution in [0, 0.1) is 6.92 Å². The highest BCUT2D eigenvalue weighted by Gasteiger charge is 2.64. The number of ether oxygens (including phenoxy) is 2. The lowest BCUT2D eigenvalue weighted by Crippen LogP contribution is -2.23. The molecule has 2 aromatic carbocycles. The maximum Gasteiger partial charge on any atom is 0.339 e. The molecule has 2 aromatic rings. The fraction of sp³-hybridized carbons (Fsp3) is 0.316. The maximum atomic E-state index is 12.3. The molecule has 0 aromatic heterocycles. The first-order valence-electron chi connectivity index (χ1n) is 7.71. The van der Waals surface area contributed by atoms with Crippen molar-refractivity contribution >= 4 is 5.97 Å². The summed E-state index contributed by atoms with van der Waals surface area (Å²) in [5.41, 5.74) is 2.49. The molecule has 0 bridgehead atoms. The van der Waals surface area contributed by atoms with Crippen molar-refractivity contribution in [3.63, 3.8) is 0 Å². The SMILES string of the molecule is Cc1ccc(C2(c3ccccc3)OC2C(=O)OC2CC2)cc1. The van der Waals surface area contributed by atoms with E-state index in [-0.39, 0.29) is 12.1 Å². The van der Waals surface area contributed by atoms with Crippen LogP contribution < -0.4 is 0 Å². The molecule has 1 saturated carbocycles. The standard InChI is InChI=1S/C19H18O3/c1-13-7-9-15(10-8-13)19(14-5-3-2-4-6-14)17(22-19)18(20)21-16-11-12-16/h2-10,16-17H,11-12H2,1H3. The summed E-state index contributed by atoms with van der Waals surface area (Å²) in [5, 5.41) is 0. The molecular weight excluding hydrogens is 276 g/mol. The first-order valence-corrected chi connectivity index (χ1v) is 7.71. The highest BCUT2D eigenvalue weighted by Crippen LogP contribution is 2.52. The van der Waals surface area contributed by atoms with Gasteiger partial charge in [0.15, 0.2) is 11.7 Å². The minimum atomic E-state index is -0.694. The maximum absolute atomic E-state index is 12.3. The first-order chi connectivity index (χ1) is 10.7. The third-order valence-electron chi connectivity index (χ3n) is 4.32. The number of aryl methyl sites for hydroxylation is 1. The first kappa shape index (κ1) is 13.5. The Kier molecular flexibility index (Phi) is 3.05. The van der Waals surface area contributed by atoms with E-state index in [4.69, 9.17) is 9.47 Å². The lowest BCUT2D eigenvalue weighted by Gasteiger charge is -2.14. The van der Waals surface area contributed by atoms with Crippen LogP contribution in [-0.2, 0) is 19.9 Å². The van der Waals surface area contributed by atoms with E-state index in [2.05, 4.69) is 0 Å². The molecule has 0 spiro atoms. The molecule has 22 heavy (non-hydrogen) atoms. The molecule has 1 saturated heterocycles. The Bertz CT molecular complexity index is 688. The fourth-order valence-electron chi connectivity index (χ4n) is 2.87. The van der Waals surface area contributed by atoms with E-state index in [0.29, 0.717) is 0 Å². The van der Waals surface area contributed by atoms with Gasteiger partial charge in [0.2, 0.25) is 0 Å². The van der Waals surface area contributed by atoms with Crippen molar-refractivity contribution < 1.29 is 14.3 Å². The highest BCUT2D eigenvalue weighted by molar-refractivity contribution is 5.82. The van der Waals surface area contributed by atoms with Gasteiger partial charge in [-0.15, -0.1) is 0 Å². The molecule has 1 heterocycles. The van der Waals surface area contributed by atoms with Crippen molar-refractivity contribution in [3.8, 4) is 0 Å². The molecule has 3 nitrogen and oxygen atoms in total. The van der Waals surface area contributed by atoms with E-state index in [1.54, 1.807) is 0 Å². The summed E-state index contributed by atoms with van der Waals surface area (Å²) in [5.74, 6) is -0.244. The van der Waals surface area contributed by atoms with Crippen LogP contribution in [0.25, 0.3) is 0 Å². The zero-order valence-electron chi connectivity index (χ0n) is 12.5. The summed E-state index contributed by atoms with van der Waals surface area (Å²) >= 11 is 0. The minimum absolute atomic E-state index is 0.100. The second kappa shape index (κ2) is 4.96. The predicted octanol–water partition coefficient (Wildman–Crippen LogP) is 3.34. The molecule has 3 heteroatoms. The Morgan fingerprint density at radius 2 is 1.68 bits per heavy atom. The third kappa shape index (κ3) is 2.22. The van der Waals surface area contributed by atoms with Gasteiger partial charge in [-0.2, -0.15) is 0 Å². The van der Waals surface area contributed by atoms with Gasteiger partial charge in [-0.1, -0.05) is 60.2 Å². The number of carbonyl (C=O) groups is 1. The van der Waals surface area contributed by atoms with Gasteiger partial charge in [0.1, 0.15) is 6.10 Å². The van der Waals surface area contributed by atoms with Crippen LogP contribution in [0.3, 0.4) is 0 Å². The Hall–Kier alpha value is -2.13. The molecule has 1 aliphatic heterocycles. The van der Waals surface area contributed by atoms with Crippen LogP contribution in [0.4, 0.5) is 0 Å². The van der Waals surface area contributed by atoms with E-state index in [9.17, 15) is 4.79 Å². The van der Waals surface area contributed by atoms with Gasteiger partial charge in [-0.05, 0) is 30.9 Å². The lowest BCUT2D eigenvalue weighted by atomic mass is 9.87. The second-order valence-electron chi connectivity index (χ2n) is 6.10. The molecule has 2 aliphatic rings. The molecule has 4 rings (SSSR count). The van der Waals surface area contributed by atoms with Crippen molar-refractivity contribution in [2.24, 2.45) is 0 Å². The topological polar surface area (TPSA) is 38.8 Å². The fourth-order valence-corrected chi connectivity index (χ4v) is 2.87. The predicted molar refractivity (Wildman–Crippen MR) is 82.4 cm³/mol.